The van der Waals surface area contributed by atoms with Crippen molar-refractivity contribution < 1.29 is 5.11 Å². The predicted octanol–water partition coefficient (Wildman–Crippen LogP) is 2.20. The quantitative estimate of drug-likeness (QED) is 0.633. The summed E-state index contributed by atoms with van der Waals surface area (Å²) in [6, 6.07) is 0. The van der Waals surface area contributed by atoms with Gasteiger partial charge in [0.2, 0.25) is 0 Å². The molecule has 3 bridgehead atoms. The van der Waals surface area contributed by atoms with Gasteiger partial charge in [-0.25, -0.2) is 0 Å². The Morgan fingerprint density at radius 3 is 2.75 bits per heavy atom. The summed E-state index contributed by atoms with van der Waals surface area (Å²) in [6.45, 7) is 0.477. The van der Waals surface area contributed by atoms with Crippen LogP contribution in [-0.4, -0.2) is 11.7 Å². The van der Waals surface area contributed by atoms with E-state index in [0.717, 1.165) is 17.8 Å². The second-order valence-corrected chi connectivity index (χ2v) is 5.41. The van der Waals surface area contributed by atoms with Crippen molar-refractivity contribution in [1.29, 1.82) is 0 Å². The van der Waals surface area contributed by atoms with E-state index in [1.807, 2.05) is 0 Å². The highest BCUT2D eigenvalue weighted by Gasteiger charge is 2.53. The summed E-state index contributed by atoms with van der Waals surface area (Å²) in [5.74, 6) is 2.87. The number of aliphatic hydroxyl groups is 1. The maximum atomic E-state index is 9.49. The first-order valence-electron chi connectivity index (χ1n) is 5.43. The van der Waals surface area contributed by atoms with Crippen LogP contribution in [0.3, 0.4) is 0 Å². The van der Waals surface area contributed by atoms with Crippen LogP contribution < -0.4 is 0 Å². The predicted molar refractivity (Wildman–Crippen MR) is 47.7 cm³/mol. The van der Waals surface area contributed by atoms with Gasteiger partial charge in [0, 0.05) is 6.61 Å². The molecule has 1 heteroatoms. The Hall–Kier alpha value is -0.0400. The maximum Gasteiger partial charge on any atom is 0.0490 e. The van der Waals surface area contributed by atoms with Gasteiger partial charge in [0.25, 0.3) is 0 Å². The van der Waals surface area contributed by atoms with Gasteiger partial charge in [-0.2, -0.15) is 0 Å². The summed E-state index contributed by atoms with van der Waals surface area (Å²) >= 11 is 0. The molecule has 0 spiro atoms. The first-order valence-corrected chi connectivity index (χ1v) is 5.43. The highest BCUT2D eigenvalue weighted by Crippen LogP contribution is 2.62. The lowest BCUT2D eigenvalue weighted by Crippen LogP contribution is -2.38. The molecule has 0 aromatic heterocycles. The fourth-order valence-electron chi connectivity index (χ4n) is 4.38. The Labute approximate surface area is 74.2 Å². The molecule has 0 amide bonds. The van der Waals surface area contributed by atoms with Gasteiger partial charge in [-0.1, -0.05) is 6.42 Å². The van der Waals surface area contributed by atoms with Crippen LogP contribution in [0.1, 0.15) is 38.5 Å². The molecule has 3 rings (SSSR count). The minimum atomic E-state index is 0.409. The molecule has 3 saturated carbocycles. The van der Waals surface area contributed by atoms with Gasteiger partial charge in [0.15, 0.2) is 0 Å². The van der Waals surface area contributed by atoms with Crippen LogP contribution in [0.5, 0.6) is 0 Å². The van der Waals surface area contributed by atoms with Crippen molar-refractivity contribution in [3.63, 3.8) is 0 Å². The van der Waals surface area contributed by atoms with E-state index >= 15 is 0 Å². The molecule has 0 aromatic carbocycles. The number of fused-ring (bicyclic) bond motifs is 2. The highest BCUT2D eigenvalue weighted by atomic mass is 16.3. The Bertz CT molecular complexity index is 201. The summed E-state index contributed by atoms with van der Waals surface area (Å²) in [4.78, 5) is 0. The third-order valence-corrected chi connectivity index (χ3v) is 4.78. The molecule has 0 heterocycles. The van der Waals surface area contributed by atoms with Crippen LogP contribution in [0.25, 0.3) is 0 Å². The van der Waals surface area contributed by atoms with Gasteiger partial charge in [0.05, 0.1) is 0 Å². The van der Waals surface area contributed by atoms with E-state index in [4.69, 9.17) is 0 Å². The van der Waals surface area contributed by atoms with Gasteiger partial charge in [0.1, 0.15) is 0 Å². The van der Waals surface area contributed by atoms with Crippen molar-refractivity contribution in [3.05, 3.63) is 0 Å². The molecular weight excluding hydrogens is 148 g/mol. The van der Waals surface area contributed by atoms with Crippen molar-refractivity contribution >= 4 is 0 Å². The second kappa shape index (κ2) is 2.25. The fourth-order valence-corrected chi connectivity index (χ4v) is 4.38. The second-order valence-electron chi connectivity index (χ2n) is 5.41. The maximum absolute atomic E-state index is 9.49. The molecule has 0 aromatic rings. The molecule has 0 radical (unpaired) electrons. The number of rotatable bonds is 1. The molecule has 3 aliphatic carbocycles. The van der Waals surface area contributed by atoms with Crippen molar-refractivity contribution in [2.24, 2.45) is 23.2 Å². The van der Waals surface area contributed by atoms with Crippen molar-refractivity contribution in [2.75, 3.05) is 6.61 Å². The lowest BCUT2D eigenvalue weighted by atomic mass is 9.62. The lowest BCUT2D eigenvalue weighted by molar-refractivity contribution is 0.00440. The van der Waals surface area contributed by atoms with E-state index in [-0.39, 0.29) is 0 Å². The molecule has 12 heavy (non-hydrogen) atoms. The van der Waals surface area contributed by atoms with Crippen LogP contribution in [0.4, 0.5) is 0 Å². The van der Waals surface area contributed by atoms with Crippen LogP contribution in [-0.2, 0) is 0 Å². The zero-order valence-electron chi connectivity index (χ0n) is 7.63. The average Bonchev–Trinajstić information content (AvgIpc) is 2.23. The summed E-state index contributed by atoms with van der Waals surface area (Å²) in [7, 11) is 0. The van der Waals surface area contributed by atoms with E-state index in [0.29, 0.717) is 12.0 Å². The normalized spacial score (nSPS) is 56.2. The van der Waals surface area contributed by atoms with Crippen molar-refractivity contribution in [2.45, 2.75) is 38.5 Å². The Morgan fingerprint density at radius 2 is 1.92 bits per heavy atom. The fraction of sp³-hybridized carbons (Fsp3) is 1.00. The first kappa shape index (κ1) is 7.37. The van der Waals surface area contributed by atoms with Crippen LogP contribution in [0, 0.1) is 23.2 Å². The van der Waals surface area contributed by atoms with E-state index < -0.39 is 0 Å². The Kier molecular flexibility index (Phi) is 1.39. The van der Waals surface area contributed by atoms with Gasteiger partial charge in [-0.05, 0) is 55.3 Å². The first-order chi connectivity index (χ1) is 5.82. The van der Waals surface area contributed by atoms with Gasteiger partial charge in [-0.3, -0.25) is 0 Å². The molecule has 1 nitrogen and oxygen atoms in total. The smallest absolute Gasteiger partial charge is 0.0490 e. The highest BCUT2D eigenvalue weighted by molar-refractivity contribution is 5.03. The van der Waals surface area contributed by atoms with Gasteiger partial charge >= 0.3 is 0 Å². The van der Waals surface area contributed by atoms with Gasteiger partial charge < -0.3 is 5.11 Å². The van der Waals surface area contributed by atoms with Crippen LogP contribution in [0.2, 0.25) is 0 Å². The Morgan fingerprint density at radius 1 is 1.08 bits per heavy atom. The molecule has 4 atom stereocenters. The molecule has 0 saturated heterocycles. The summed E-state index contributed by atoms with van der Waals surface area (Å²) in [6.07, 6.45) is 8.51. The average molecular weight is 166 g/mol. The van der Waals surface area contributed by atoms with E-state index in [9.17, 15) is 5.11 Å². The zero-order chi connectivity index (χ0) is 8.18. The SMILES string of the molecule is OCC12CC3CCC1CC(C3)C2. The molecule has 68 valence electrons. The molecule has 4 unspecified atom stereocenters. The molecule has 3 aliphatic rings. The third kappa shape index (κ3) is 0.783. The standard InChI is InChI=1S/C11H18O/c12-7-11-5-8-1-2-10(11)4-9(3-8)6-11/h8-10,12H,1-7H2. The van der Waals surface area contributed by atoms with Gasteiger partial charge in [-0.15, -0.1) is 0 Å². The van der Waals surface area contributed by atoms with E-state index in [2.05, 4.69) is 0 Å². The summed E-state index contributed by atoms with van der Waals surface area (Å²) < 4.78 is 0. The Balaban J connectivity index is 1.96. The third-order valence-electron chi connectivity index (χ3n) is 4.78. The van der Waals surface area contributed by atoms with Crippen molar-refractivity contribution in [1.82, 2.24) is 0 Å². The number of aliphatic hydroxyl groups excluding tert-OH is 1. The number of hydrogen-bond acceptors (Lipinski definition) is 1. The topological polar surface area (TPSA) is 20.2 Å². The van der Waals surface area contributed by atoms with E-state index in [1.54, 1.807) is 0 Å². The number of hydrogen-bond donors (Lipinski definition) is 1. The molecule has 3 fully saturated rings. The summed E-state index contributed by atoms with van der Waals surface area (Å²) in [5, 5.41) is 9.49. The monoisotopic (exact) mass is 166 g/mol. The minimum Gasteiger partial charge on any atom is -0.396 e. The molecule has 0 aliphatic heterocycles. The van der Waals surface area contributed by atoms with Crippen molar-refractivity contribution in [3.8, 4) is 0 Å². The largest absolute Gasteiger partial charge is 0.396 e. The lowest BCUT2D eigenvalue weighted by Gasteiger charge is -2.44. The van der Waals surface area contributed by atoms with Crippen LogP contribution in [0.15, 0.2) is 0 Å². The zero-order valence-corrected chi connectivity index (χ0v) is 7.63. The van der Waals surface area contributed by atoms with Crippen LogP contribution >= 0.6 is 0 Å². The summed E-state index contributed by atoms with van der Waals surface area (Å²) in [5.41, 5.74) is 0.409. The minimum absolute atomic E-state index is 0.409. The van der Waals surface area contributed by atoms with E-state index in [1.165, 1.54) is 38.5 Å². The molecule has 1 N–H and O–H groups in total. The molecular formula is C11H18O.